The van der Waals surface area contributed by atoms with Crippen LogP contribution in [0.4, 0.5) is 13.2 Å². The van der Waals surface area contributed by atoms with Crippen LogP contribution in [0.1, 0.15) is 11.3 Å². The molecule has 0 aliphatic rings. The molecule has 0 fully saturated rings. The van der Waals surface area contributed by atoms with Crippen molar-refractivity contribution >= 4 is 10.9 Å². The first-order chi connectivity index (χ1) is 9.47. The average Bonchev–Trinajstić information content (AvgIpc) is 2.79. The SMILES string of the molecule is Cc1ccc(-c2c(C(F)(F)F)[nH]c3ccccc23)cc1. The highest BCUT2D eigenvalue weighted by molar-refractivity contribution is 5.97. The summed E-state index contributed by atoms with van der Waals surface area (Å²) in [6, 6.07) is 13.9. The minimum Gasteiger partial charge on any atom is -0.350 e. The molecule has 0 radical (unpaired) electrons. The molecular formula is C16H12F3N. The van der Waals surface area contributed by atoms with Gasteiger partial charge in [0.05, 0.1) is 0 Å². The van der Waals surface area contributed by atoms with E-state index in [9.17, 15) is 13.2 Å². The third-order valence-electron chi connectivity index (χ3n) is 3.33. The van der Waals surface area contributed by atoms with Gasteiger partial charge in [0, 0.05) is 16.5 Å². The Morgan fingerprint density at radius 1 is 0.900 bits per heavy atom. The van der Waals surface area contributed by atoms with Gasteiger partial charge in [0.1, 0.15) is 5.69 Å². The Morgan fingerprint density at radius 3 is 2.20 bits per heavy atom. The van der Waals surface area contributed by atoms with Crippen molar-refractivity contribution in [3.63, 3.8) is 0 Å². The number of alkyl halides is 3. The third kappa shape index (κ3) is 2.07. The molecule has 1 aromatic heterocycles. The van der Waals surface area contributed by atoms with E-state index >= 15 is 0 Å². The predicted octanol–water partition coefficient (Wildman–Crippen LogP) is 5.16. The summed E-state index contributed by atoms with van der Waals surface area (Å²) in [5, 5.41) is 0.587. The van der Waals surface area contributed by atoms with Gasteiger partial charge in [-0.25, -0.2) is 0 Å². The lowest BCUT2D eigenvalue weighted by Crippen LogP contribution is -2.07. The number of fused-ring (bicyclic) bond motifs is 1. The average molecular weight is 275 g/mol. The number of aromatic nitrogens is 1. The normalized spacial score (nSPS) is 12.0. The molecule has 0 aliphatic heterocycles. The lowest BCUT2D eigenvalue weighted by Gasteiger charge is -2.09. The Labute approximate surface area is 114 Å². The number of para-hydroxylation sites is 1. The van der Waals surface area contributed by atoms with E-state index in [2.05, 4.69) is 4.98 Å². The smallest absolute Gasteiger partial charge is 0.350 e. The fourth-order valence-corrected chi connectivity index (χ4v) is 2.37. The largest absolute Gasteiger partial charge is 0.431 e. The van der Waals surface area contributed by atoms with Gasteiger partial charge in [-0.3, -0.25) is 0 Å². The van der Waals surface area contributed by atoms with E-state index in [-0.39, 0.29) is 5.56 Å². The second kappa shape index (κ2) is 4.40. The van der Waals surface area contributed by atoms with Crippen molar-refractivity contribution in [3.8, 4) is 11.1 Å². The van der Waals surface area contributed by atoms with Gasteiger partial charge in [0.15, 0.2) is 0 Å². The van der Waals surface area contributed by atoms with Crippen molar-refractivity contribution in [3.05, 3.63) is 59.8 Å². The number of nitrogens with one attached hydrogen (secondary N) is 1. The summed E-state index contributed by atoms with van der Waals surface area (Å²) in [5.74, 6) is 0. The van der Waals surface area contributed by atoms with Gasteiger partial charge in [-0.15, -0.1) is 0 Å². The molecule has 1 nitrogen and oxygen atoms in total. The lowest BCUT2D eigenvalue weighted by atomic mass is 10.0. The Balaban J connectivity index is 2.34. The first-order valence-electron chi connectivity index (χ1n) is 6.22. The van der Waals surface area contributed by atoms with Crippen molar-refractivity contribution in [2.45, 2.75) is 13.1 Å². The Bertz CT molecular complexity index is 751. The van der Waals surface area contributed by atoms with E-state index in [1.807, 2.05) is 19.1 Å². The first-order valence-corrected chi connectivity index (χ1v) is 6.22. The maximum atomic E-state index is 13.2. The summed E-state index contributed by atoms with van der Waals surface area (Å²) in [6.07, 6.45) is -4.40. The molecule has 0 aliphatic carbocycles. The second-order valence-electron chi connectivity index (χ2n) is 4.78. The maximum Gasteiger partial charge on any atom is 0.431 e. The molecule has 2 aromatic carbocycles. The summed E-state index contributed by atoms with van der Waals surface area (Å²) in [5.41, 5.74) is 1.61. The van der Waals surface area contributed by atoms with Gasteiger partial charge < -0.3 is 4.98 Å². The van der Waals surface area contributed by atoms with Crippen molar-refractivity contribution < 1.29 is 13.2 Å². The van der Waals surface area contributed by atoms with E-state index in [0.717, 1.165) is 5.56 Å². The minimum absolute atomic E-state index is 0.216. The predicted molar refractivity (Wildman–Crippen MR) is 73.5 cm³/mol. The van der Waals surface area contributed by atoms with Crippen LogP contribution < -0.4 is 0 Å². The van der Waals surface area contributed by atoms with Crippen LogP contribution in [0.15, 0.2) is 48.5 Å². The molecule has 0 unspecified atom stereocenters. The molecular weight excluding hydrogens is 263 g/mol. The van der Waals surface area contributed by atoms with Gasteiger partial charge in [-0.1, -0.05) is 48.0 Å². The molecule has 1 N–H and O–H groups in total. The van der Waals surface area contributed by atoms with Gasteiger partial charge >= 0.3 is 6.18 Å². The zero-order valence-electron chi connectivity index (χ0n) is 10.8. The maximum absolute atomic E-state index is 13.2. The zero-order valence-corrected chi connectivity index (χ0v) is 10.8. The van der Waals surface area contributed by atoms with Crippen LogP contribution in [0.2, 0.25) is 0 Å². The molecule has 0 saturated heterocycles. The van der Waals surface area contributed by atoms with Crippen LogP contribution in [-0.4, -0.2) is 4.98 Å². The van der Waals surface area contributed by atoms with Crippen LogP contribution in [0.25, 0.3) is 22.0 Å². The van der Waals surface area contributed by atoms with Crippen LogP contribution in [0.3, 0.4) is 0 Å². The van der Waals surface area contributed by atoms with Crippen LogP contribution in [0, 0.1) is 6.92 Å². The highest BCUT2D eigenvalue weighted by Crippen LogP contribution is 2.41. The number of hydrogen-bond donors (Lipinski definition) is 1. The van der Waals surface area contributed by atoms with E-state index in [1.54, 1.807) is 36.4 Å². The highest BCUT2D eigenvalue weighted by Gasteiger charge is 2.36. The van der Waals surface area contributed by atoms with Crippen molar-refractivity contribution in [1.82, 2.24) is 4.98 Å². The molecule has 3 aromatic rings. The number of hydrogen-bond acceptors (Lipinski definition) is 0. The number of H-pyrrole nitrogens is 1. The van der Waals surface area contributed by atoms with E-state index < -0.39 is 11.9 Å². The Hall–Kier alpha value is -2.23. The first kappa shape index (κ1) is 12.8. The van der Waals surface area contributed by atoms with E-state index in [4.69, 9.17) is 0 Å². The van der Waals surface area contributed by atoms with E-state index in [1.165, 1.54) is 0 Å². The van der Waals surface area contributed by atoms with Gasteiger partial charge in [0.2, 0.25) is 0 Å². The molecule has 0 bridgehead atoms. The van der Waals surface area contributed by atoms with Crippen molar-refractivity contribution in [2.24, 2.45) is 0 Å². The fourth-order valence-electron chi connectivity index (χ4n) is 2.37. The molecule has 0 amide bonds. The highest BCUT2D eigenvalue weighted by atomic mass is 19.4. The second-order valence-corrected chi connectivity index (χ2v) is 4.78. The Kier molecular flexibility index (Phi) is 2.82. The number of benzene rings is 2. The van der Waals surface area contributed by atoms with Crippen LogP contribution >= 0.6 is 0 Å². The van der Waals surface area contributed by atoms with Crippen LogP contribution in [-0.2, 0) is 6.18 Å². The van der Waals surface area contributed by atoms with Crippen molar-refractivity contribution in [1.29, 1.82) is 0 Å². The standard InChI is InChI=1S/C16H12F3N/c1-10-6-8-11(9-7-10)14-12-4-2-3-5-13(12)20-15(14)16(17,18)19/h2-9,20H,1H3. The van der Waals surface area contributed by atoms with Gasteiger partial charge in [-0.05, 0) is 18.6 Å². The zero-order chi connectivity index (χ0) is 14.3. The monoisotopic (exact) mass is 275 g/mol. The quantitative estimate of drug-likeness (QED) is 0.631. The van der Waals surface area contributed by atoms with Gasteiger partial charge in [-0.2, -0.15) is 13.2 Å². The molecule has 0 spiro atoms. The molecule has 20 heavy (non-hydrogen) atoms. The summed E-state index contributed by atoms with van der Waals surface area (Å²) in [4.78, 5) is 2.49. The molecule has 0 atom stereocenters. The van der Waals surface area contributed by atoms with Crippen LogP contribution in [0.5, 0.6) is 0 Å². The molecule has 4 heteroatoms. The molecule has 1 heterocycles. The summed E-state index contributed by atoms with van der Waals surface area (Å²) >= 11 is 0. The summed E-state index contributed by atoms with van der Waals surface area (Å²) < 4.78 is 39.7. The summed E-state index contributed by atoms with van der Waals surface area (Å²) in [7, 11) is 0. The number of rotatable bonds is 1. The topological polar surface area (TPSA) is 15.8 Å². The van der Waals surface area contributed by atoms with Crippen molar-refractivity contribution in [2.75, 3.05) is 0 Å². The minimum atomic E-state index is -4.40. The third-order valence-corrected chi connectivity index (χ3v) is 3.33. The summed E-state index contributed by atoms with van der Waals surface area (Å²) in [6.45, 7) is 1.91. The fraction of sp³-hybridized carbons (Fsp3) is 0.125. The number of aryl methyl sites for hydroxylation is 1. The molecule has 3 rings (SSSR count). The van der Waals surface area contributed by atoms with Gasteiger partial charge in [0.25, 0.3) is 0 Å². The Morgan fingerprint density at radius 2 is 1.55 bits per heavy atom. The lowest BCUT2D eigenvalue weighted by molar-refractivity contribution is -0.140. The number of aromatic amines is 1. The molecule has 102 valence electrons. The molecule has 0 saturated carbocycles. The van der Waals surface area contributed by atoms with E-state index in [0.29, 0.717) is 16.5 Å². The number of halogens is 3.